The fourth-order valence-corrected chi connectivity index (χ4v) is 3.81. The van der Waals surface area contributed by atoms with Crippen molar-refractivity contribution in [2.75, 3.05) is 11.9 Å². The molecule has 9 nitrogen and oxygen atoms in total. The van der Waals surface area contributed by atoms with Gasteiger partial charge in [-0.2, -0.15) is 0 Å². The summed E-state index contributed by atoms with van der Waals surface area (Å²) < 4.78 is 7.15. The van der Waals surface area contributed by atoms with Crippen LogP contribution in [0.4, 0.5) is 5.82 Å². The van der Waals surface area contributed by atoms with Crippen LogP contribution in [0.25, 0.3) is 11.2 Å². The summed E-state index contributed by atoms with van der Waals surface area (Å²) in [5.41, 5.74) is 1.09. The minimum atomic E-state index is -1.17. The van der Waals surface area contributed by atoms with E-state index in [1.165, 1.54) is 25.5 Å². The van der Waals surface area contributed by atoms with Crippen LogP contribution in [0, 0.1) is 0 Å². The Bertz CT molecular complexity index is 760. The first kappa shape index (κ1) is 16.6. The average Bonchev–Trinajstić information content (AvgIpc) is 3.28. The van der Waals surface area contributed by atoms with Crippen molar-refractivity contribution in [2.24, 2.45) is 0 Å². The Hall–Kier alpha value is -1.81. The van der Waals surface area contributed by atoms with E-state index in [4.69, 9.17) is 4.74 Å². The van der Waals surface area contributed by atoms with Crippen molar-refractivity contribution in [1.82, 2.24) is 19.5 Å². The number of aromatic nitrogens is 4. The molecule has 4 N–H and O–H groups in total. The number of nitrogens with zero attached hydrogens (tertiary/aromatic N) is 4. The van der Waals surface area contributed by atoms with Crippen LogP contribution in [-0.2, 0) is 4.74 Å². The summed E-state index contributed by atoms with van der Waals surface area (Å²) in [6, 6.07) is 0. The standard InChI is InChI=1S/C16H23N5O4/c1-16(4-2-3-5-16)20-13-10-14(18-7-17-13)21(8-19-10)15-12(24)11(23)9(6-22)25-15/h7-9,11-12,15,22-24H,2-6H2,1H3,(H,17,18,20)/t9-,11-,12-,15-/m1/s1. The van der Waals surface area contributed by atoms with Gasteiger partial charge in [-0.05, 0) is 19.8 Å². The highest BCUT2D eigenvalue weighted by Crippen LogP contribution is 2.35. The highest BCUT2D eigenvalue weighted by Gasteiger charge is 2.44. The normalized spacial score (nSPS) is 31.7. The fraction of sp³-hybridized carbons (Fsp3) is 0.688. The van der Waals surface area contributed by atoms with E-state index in [0.717, 1.165) is 12.8 Å². The van der Waals surface area contributed by atoms with E-state index in [1.54, 1.807) is 4.57 Å². The Morgan fingerprint density at radius 2 is 2.00 bits per heavy atom. The van der Waals surface area contributed by atoms with Gasteiger partial charge < -0.3 is 25.4 Å². The van der Waals surface area contributed by atoms with Crippen LogP contribution in [0.2, 0.25) is 0 Å². The molecule has 0 aromatic carbocycles. The first-order valence-electron chi connectivity index (χ1n) is 8.60. The van der Waals surface area contributed by atoms with E-state index in [2.05, 4.69) is 27.2 Å². The van der Waals surface area contributed by atoms with Gasteiger partial charge in [-0.25, -0.2) is 15.0 Å². The topological polar surface area (TPSA) is 126 Å². The second kappa shape index (κ2) is 6.17. The lowest BCUT2D eigenvalue weighted by atomic mass is 10.0. The molecule has 2 aromatic rings. The van der Waals surface area contributed by atoms with Crippen LogP contribution in [0.3, 0.4) is 0 Å². The molecule has 0 unspecified atom stereocenters. The quantitative estimate of drug-likeness (QED) is 0.616. The third-order valence-corrected chi connectivity index (χ3v) is 5.28. The van der Waals surface area contributed by atoms with Gasteiger partial charge in [0.25, 0.3) is 0 Å². The van der Waals surface area contributed by atoms with Crippen LogP contribution in [-0.4, -0.2) is 65.3 Å². The van der Waals surface area contributed by atoms with E-state index in [-0.39, 0.29) is 12.1 Å². The van der Waals surface area contributed by atoms with Gasteiger partial charge in [0.15, 0.2) is 23.2 Å². The number of anilines is 1. The number of aliphatic hydroxyl groups excluding tert-OH is 3. The summed E-state index contributed by atoms with van der Waals surface area (Å²) in [5, 5.41) is 32.9. The Labute approximate surface area is 144 Å². The predicted octanol–water partition coefficient (Wildman–Crippen LogP) is 0.182. The molecule has 0 amide bonds. The Balaban J connectivity index is 1.67. The molecular weight excluding hydrogens is 326 g/mol. The summed E-state index contributed by atoms with van der Waals surface area (Å²) in [5.74, 6) is 0.653. The number of hydrogen-bond donors (Lipinski definition) is 4. The summed E-state index contributed by atoms with van der Waals surface area (Å²) >= 11 is 0. The summed E-state index contributed by atoms with van der Waals surface area (Å²) in [7, 11) is 0. The maximum Gasteiger partial charge on any atom is 0.167 e. The molecule has 1 aliphatic carbocycles. The van der Waals surface area contributed by atoms with Gasteiger partial charge >= 0.3 is 0 Å². The van der Waals surface area contributed by atoms with E-state index in [1.807, 2.05) is 0 Å². The first-order chi connectivity index (χ1) is 12.0. The zero-order valence-electron chi connectivity index (χ0n) is 14.0. The number of hydrogen-bond acceptors (Lipinski definition) is 8. The lowest BCUT2D eigenvalue weighted by molar-refractivity contribution is -0.0511. The number of nitrogens with one attached hydrogen (secondary N) is 1. The van der Waals surface area contributed by atoms with Crippen LogP contribution in [0.5, 0.6) is 0 Å². The van der Waals surface area contributed by atoms with Crippen LogP contribution in [0.15, 0.2) is 12.7 Å². The smallest absolute Gasteiger partial charge is 0.167 e. The molecule has 3 heterocycles. The molecule has 2 aliphatic rings. The third kappa shape index (κ3) is 2.77. The Morgan fingerprint density at radius 3 is 2.68 bits per heavy atom. The second-order valence-electron chi connectivity index (χ2n) is 7.17. The van der Waals surface area contributed by atoms with E-state index >= 15 is 0 Å². The van der Waals surface area contributed by atoms with Crippen molar-refractivity contribution in [3.63, 3.8) is 0 Å². The Kier molecular flexibility index (Phi) is 4.11. The zero-order valence-corrected chi connectivity index (χ0v) is 14.0. The largest absolute Gasteiger partial charge is 0.394 e. The van der Waals surface area contributed by atoms with Gasteiger partial charge in [-0.1, -0.05) is 12.8 Å². The molecule has 9 heteroatoms. The van der Waals surface area contributed by atoms with Gasteiger partial charge in [0.1, 0.15) is 24.6 Å². The molecule has 0 bridgehead atoms. The molecule has 4 rings (SSSR count). The minimum absolute atomic E-state index is 0.00733. The number of imidazole rings is 1. The van der Waals surface area contributed by atoms with Crippen molar-refractivity contribution < 1.29 is 20.1 Å². The molecule has 0 spiro atoms. The molecule has 25 heavy (non-hydrogen) atoms. The van der Waals surface area contributed by atoms with Crippen molar-refractivity contribution in [2.45, 2.75) is 62.7 Å². The lowest BCUT2D eigenvalue weighted by Gasteiger charge is -2.26. The van der Waals surface area contributed by atoms with E-state index in [9.17, 15) is 15.3 Å². The summed E-state index contributed by atoms with van der Waals surface area (Å²) in [4.78, 5) is 13.0. The van der Waals surface area contributed by atoms with Crippen molar-refractivity contribution in [1.29, 1.82) is 0 Å². The molecule has 1 saturated carbocycles. The molecule has 1 aliphatic heterocycles. The fourth-order valence-electron chi connectivity index (χ4n) is 3.81. The molecule has 2 aromatic heterocycles. The van der Waals surface area contributed by atoms with Gasteiger partial charge in [0, 0.05) is 5.54 Å². The minimum Gasteiger partial charge on any atom is -0.394 e. The van der Waals surface area contributed by atoms with E-state index < -0.39 is 24.5 Å². The van der Waals surface area contributed by atoms with Crippen LogP contribution < -0.4 is 5.32 Å². The lowest BCUT2D eigenvalue weighted by Crippen LogP contribution is -2.33. The van der Waals surface area contributed by atoms with Crippen molar-refractivity contribution in [3.05, 3.63) is 12.7 Å². The van der Waals surface area contributed by atoms with Crippen molar-refractivity contribution >= 4 is 17.0 Å². The van der Waals surface area contributed by atoms with Gasteiger partial charge in [0.2, 0.25) is 0 Å². The highest BCUT2D eigenvalue weighted by molar-refractivity contribution is 5.83. The summed E-state index contributed by atoms with van der Waals surface area (Å²) in [6.07, 6.45) is 3.46. The highest BCUT2D eigenvalue weighted by atomic mass is 16.6. The molecule has 4 atom stereocenters. The summed E-state index contributed by atoms with van der Waals surface area (Å²) in [6.45, 7) is 1.80. The molecular formula is C16H23N5O4. The van der Waals surface area contributed by atoms with Gasteiger partial charge in [0.05, 0.1) is 12.9 Å². The number of rotatable bonds is 4. The number of ether oxygens (including phenoxy) is 1. The molecule has 136 valence electrons. The monoisotopic (exact) mass is 349 g/mol. The maximum atomic E-state index is 10.2. The SMILES string of the molecule is CC1(Nc2ncnc3c2ncn3[C@@H]2O[C@H](CO)[C@@H](O)[C@H]2O)CCCC1. The molecule has 0 radical (unpaired) electrons. The van der Waals surface area contributed by atoms with Crippen LogP contribution >= 0.6 is 0 Å². The molecule has 1 saturated heterocycles. The Morgan fingerprint density at radius 1 is 1.24 bits per heavy atom. The van der Waals surface area contributed by atoms with Crippen molar-refractivity contribution in [3.8, 4) is 0 Å². The second-order valence-corrected chi connectivity index (χ2v) is 7.17. The first-order valence-corrected chi connectivity index (χ1v) is 8.60. The number of aliphatic hydroxyl groups is 3. The number of fused-ring (bicyclic) bond motifs is 1. The maximum absolute atomic E-state index is 10.2. The third-order valence-electron chi connectivity index (χ3n) is 5.28. The average molecular weight is 349 g/mol. The zero-order chi connectivity index (χ0) is 17.6. The predicted molar refractivity (Wildman–Crippen MR) is 88.8 cm³/mol. The molecule has 2 fully saturated rings. The van der Waals surface area contributed by atoms with Crippen LogP contribution in [0.1, 0.15) is 38.8 Å². The van der Waals surface area contributed by atoms with E-state index in [0.29, 0.717) is 17.0 Å². The van der Waals surface area contributed by atoms with Gasteiger partial charge in [-0.3, -0.25) is 4.57 Å². The van der Waals surface area contributed by atoms with Gasteiger partial charge in [-0.15, -0.1) is 0 Å².